The van der Waals surface area contributed by atoms with Gasteiger partial charge in [0.2, 0.25) is 0 Å². The summed E-state index contributed by atoms with van der Waals surface area (Å²) in [7, 11) is 0. The Morgan fingerprint density at radius 3 is 2.52 bits per heavy atom. The summed E-state index contributed by atoms with van der Waals surface area (Å²) in [6.45, 7) is 0. The molecule has 33 heavy (non-hydrogen) atoms. The van der Waals surface area contributed by atoms with Gasteiger partial charge in [-0.15, -0.1) is 0 Å². The van der Waals surface area contributed by atoms with Crippen LogP contribution in [0.1, 0.15) is 74.6 Å². The zero-order valence-corrected chi connectivity index (χ0v) is 21.0. The van der Waals surface area contributed by atoms with Crippen molar-refractivity contribution >= 4 is 26.8 Å². The Hall–Kier alpha value is -1.58. The van der Waals surface area contributed by atoms with Gasteiger partial charge >= 0.3 is 0 Å². The van der Waals surface area contributed by atoms with Gasteiger partial charge in [-0.25, -0.2) is 0 Å². The van der Waals surface area contributed by atoms with E-state index >= 15 is 0 Å². The molecule has 1 aromatic carbocycles. The molecule has 0 spiro atoms. The van der Waals surface area contributed by atoms with Crippen molar-refractivity contribution < 1.29 is 0 Å². The lowest BCUT2D eigenvalue weighted by molar-refractivity contribution is 0.103. The van der Waals surface area contributed by atoms with E-state index in [4.69, 9.17) is 0 Å². The molecule has 1 saturated heterocycles. The second kappa shape index (κ2) is 8.27. The Kier molecular flexibility index (Phi) is 5.20. The molecule has 6 atom stereocenters. The molecule has 1 aromatic heterocycles. The molecule has 172 valence electrons. The topological polar surface area (TPSA) is 8.17 Å². The van der Waals surface area contributed by atoms with Gasteiger partial charge in [0.1, 0.15) is 0 Å². The van der Waals surface area contributed by atoms with E-state index in [1.165, 1.54) is 68.7 Å². The van der Waals surface area contributed by atoms with Crippen LogP contribution in [0.4, 0.5) is 0 Å². The molecule has 0 bridgehead atoms. The first-order valence-electron chi connectivity index (χ1n) is 13.4. The summed E-state index contributed by atoms with van der Waals surface area (Å²) in [6, 6.07) is 11.8. The van der Waals surface area contributed by atoms with Crippen LogP contribution in [0.15, 0.2) is 60.7 Å². The molecule has 0 amide bonds. The summed E-state index contributed by atoms with van der Waals surface area (Å²) in [6.07, 6.45) is 26.7. The number of alkyl halides is 1. The van der Waals surface area contributed by atoms with Crippen molar-refractivity contribution in [1.82, 2.24) is 9.47 Å². The van der Waals surface area contributed by atoms with Gasteiger partial charge in [0.15, 0.2) is 0 Å². The second-order valence-electron chi connectivity index (χ2n) is 11.0. The van der Waals surface area contributed by atoms with E-state index in [9.17, 15) is 0 Å². The van der Waals surface area contributed by atoms with E-state index in [1.807, 2.05) is 0 Å². The third-order valence-electron chi connectivity index (χ3n) is 9.38. The van der Waals surface area contributed by atoms with Crippen LogP contribution in [0.2, 0.25) is 0 Å². The number of hydrogen-bond donors (Lipinski definition) is 0. The lowest BCUT2D eigenvalue weighted by atomic mass is 9.76. The smallest absolute Gasteiger partial charge is 0.0520 e. The molecule has 1 aliphatic heterocycles. The van der Waals surface area contributed by atoms with E-state index in [-0.39, 0.29) is 0 Å². The normalized spacial score (nSPS) is 36.2. The minimum atomic E-state index is 0.483. The summed E-state index contributed by atoms with van der Waals surface area (Å²) in [5.41, 5.74) is 4.81. The Morgan fingerprint density at radius 1 is 0.818 bits per heavy atom. The molecule has 1 saturated carbocycles. The van der Waals surface area contributed by atoms with Crippen LogP contribution in [0.3, 0.4) is 0 Å². The number of aromatic nitrogens is 1. The molecule has 0 N–H and O–H groups in total. The summed E-state index contributed by atoms with van der Waals surface area (Å²) < 4.78 is 2.80. The average Bonchev–Trinajstić information content (AvgIpc) is 3.38. The molecule has 6 unspecified atom stereocenters. The average molecular weight is 504 g/mol. The highest BCUT2D eigenvalue weighted by Gasteiger charge is 2.53. The summed E-state index contributed by atoms with van der Waals surface area (Å²) in [5.74, 6) is 1.23. The molecular formula is C30H35BrN2. The molecule has 0 radical (unpaired) electrons. The number of hydrogen-bond acceptors (Lipinski definition) is 1. The summed E-state index contributed by atoms with van der Waals surface area (Å²) in [4.78, 5) is 3.55. The van der Waals surface area contributed by atoms with Crippen molar-refractivity contribution in [2.75, 3.05) is 0 Å². The van der Waals surface area contributed by atoms with Crippen molar-refractivity contribution in [3.63, 3.8) is 0 Å². The van der Waals surface area contributed by atoms with Crippen LogP contribution in [0.25, 0.3) is 10.9 Å². The van der Waals surface area contributed by atoms with Gasteiger partial charge in [-0.2, -0.15) is 0 Å². The van der Waals surface area contributed by atoms with Gasteiger partial charge < -0.3 is 4.57 Å². The molecular weight excluding hydrogens is 468 g/mol. The third-order valence-corrected chi connectivity index (χ3v) is 10.1. The minimum absolute atomic E-state index is 0.483. The number of halogens is 1. The number of para-hydroxylation sites is 1. The van der Waals surface area contributed by atoms with E-state index in [2.05, 4.69) is 86.1 Å². The van der Waals surface area contributed by atoms with Gasteiger partial charge in [0, 0.05) is 51.4 Å². The van der Waals surface area contributed by atoms with Gasteiger partial charge in [-0.1, -0.05) is 89.8 Å². The van der Waals surface area contributed by atoms with E-state index < -0.39 is 0 Å². The molecule has 7 rings (SSSR count). The molecule has 2 heterocycles. The number of nitrogens with zero attached hydrogens (tertiary/aromatic N) is 2. The van der Waals surface area contributed by atoms with Crippen molar-refractivity contribution in [3.8, 4) is 0 Å². The first-order valence-corrected chi connectivity index (χ1v) is 14.3. The maximum atomic E-state index is 3.83. The monoisotopic (exact) mass is 502 g/mol. The summed E-state index contributed by atoms with van der Waals surface area (Å²) in [5, 5.41) is 1.52. The number of benzene rings is 1. The number of allylic oxidation sites excluding steroid dienone is 4. The highest BCUT2D eigenvalue weighted by atomic mass is 79.9. The van der Waals surface area contributed by atoms with Crippen LogP contribution < -0.4 is 0 Å². The standard InChI is InChI=1S/C30H35BrN2/c31-20-14-16-22(17-15-20)33-26-12-6-4-10-23(26)24-18-19-28-29(30(24)33)25-11-5-7-13-27(25)32(28)21-8-2-1-3-9-21/h4-7,10-14,16,20-22,25,27-29H,1-3,8-9,15,17-19H2. The maximum Gasteiger partial charge on any atom is 0.0520 e. The van der Waals surface area contributed by atoms with Crippen LogP contribution in [0, 0.1) is 5.92 Å². The lowest BCUT2D eigenvalue weighted by Crippen LogP contribution is -2.46. The zero-order chi connectivity index (χ0) is 21.9. The quantitative estimate of drug-likeness (QED) is 0.305. The largest absolute Gasteiger partial charge is 0.337 e. The number of aryl methyl sites for hydroxylation is 1. The van der Waals surface area contributed by atoms with Crippen LogP contribution in [0.5, 0.6) is 0 Å². The van der Waals surface area contributed by atoms with Crippen molar-refractivity contribution in [2.45, 2.75) is 92.7 Å². The van der Waals surface area contributed by atoms with E-state index in [0.717, 1.165) is 6.04 Å². The summed E-state index contributed by atoms with van der Waals surface area (Å²) >= 11 is 3.83. The predicted molar refractivity (Wildman–Crippen MR) is 141 cm³/mol. The fourth-order valence-corrected chi connectivity index (χ4v) is 8.55. The molecule has 5 aliphatic rings. The Balaban J connectivity index is 1.40. The first kappa shape index (κ1) is 20.8. The van der Waals surface area contributed by atoms with Crippen LogP contribution >= 0.6 is 15.9 Å². The Morgan fingerprint density at radius 2 is 1.67 bits per heavy atom. The predicted octanol–water partition coefficient (Wildman–Crippen LogP) is 7.45. The van der Waals surface area contributed by atoms with Crippen LogP contribution in [-0.4, -0.2) is 32.4 Å². The minimum Gasteiger partial charge on any atom is -0.337 e. The van der Waals surface area contributed by atoms with Crippen LogP contribution in [-0.2, 0) is 6.42 Å². The first-order chi connectivity index (χ1) is 16.3. The number of rotatable bonds is 2. The highest BCUT2D eigenvalue weighted by molar-refractivity contribution is 9.09. The van der Waals surface area contributed by atoms with Gasteiger partial charge in [0.25, 0.3) is 0 Å². The molecule has 3 heteroatoms. The maximum absolute atomic E-state index is 3.83. The van der Waals surface area contributed by atoms with E-state index in [0.29, 0.717) is 34.8 Å². The zero-order valence-electron chi connectivity index (χ0n) is 19.5. The van der Waals surface area contributed by atoms with Crippen molar-refractivity contribution in [3.05, 3.63) is 72.0 Å². The molecule has 2 fully saturated rings. The molecule has 2 aromatic rings. The highest BCUT2D eigenvalue weighted by Crippen LogP contribution is 2.54. The SMILES string of the molecule is BrC1C=CC(n2c3c(c4ccccc42)CCC2C3C3C=CC=CC3N2C2CCCCC2)CC1. The van der Waals surface area contributed by atoms with Gasteiger partial charge in [0.05, 0.1) is 6.04 Å². The lowest BCUT2D eigenvalue weighted by Gasteiger charge is -2.41. The fraction of sp³-hybridized carbons (Fsp3) is 0.533. The third kappa shape index (κ3) is 3.22. The van der Waals surface area contributed by atoms with Crippen molar-refractivity contribution in [2.24, 2.45) is 5.92 Å². The fourth-order valence-electron chi connectivity index (χ4n) is 8.10. The van der Waals surface area contributed by atoms with E-state index in [1.54, 1.807) is 11.3 Å². The second-order valence-corrected chi connectivity index (χ2v) is 12.2. The molecule has 2 nitrogen and oxygen atoms in total. The number of fused-ring (bicyclic) bond motifs is 7. The Labute approximate surface area is 206 Å². The van der Waals surface area contributed by atoms with Crippen molar-refractivity contribution in [1.29, 1.82) is 0 Å². The van der Waals surface area contributed by atoms with Gasteiger partial charge in [-0.05, 0) is 50.2 Å². The van der Waals surface area contributed by atoms with Gasteiger partial charge in [-0.3, -0.25) is 4.90 Å². The number of likely N-dealkylation sites (tertiary alicyclic amines) is 1. The molecule has 4 aliphatic carbocycles. The Bertz CT molecular complexity index is 1130.